The predicted molar refractivity (Wildman–Crippen MR) is 99.1 cm³/mol. The molecule has 1 aromatic rings. The molecule has 142 valence electrons. The van der Waals surface area contributed by atoms with E-state index in [4.69, 9.17) is 4.74 Å². The third kappa shape index (κ3) is 5.07. The molecule has 0 aliphatic carbocycles. The van der Waals surface area contributed by atoms with Crippen molar-refractivity contribution in [1.82, 2.24) is 14.9 Å². The number of sulfonamides is 1. The summed E-state index contributed by atoms with van der Waals surface area (Å²) in [5.41, 5.74) is 0.341. The van der Waals surface area contributed by atoms with Gasteiger partial charge in [0.15, 0.2) is 0 Å². The quantitative estimate of drug-likeness (QED) is 0.788. The third-order valence-electron chi connectivity index (χ3n) is 3.85. The fraction of sp³-hybridized carbons (Fsp3) is 0.562. The molecule has 0 spiro atoms. The lowest BCUT2D eigenvalue weighted by atomic mass is 10.1. The summed E-state index contributed by atoms with van der Waals surface area (Å²) in [6.45, 7) is 7.49. The number of nitrogens with zero attached hydrogens (tertiary/aromatic N) is 1. The summed E-state index contributed by atoms with van der Waals surface area (Å²) in [6, 6.07) is 4.31. The molecule has 2 rings (SSSR count). The summed E-state index contributed by atoms with van der Waals surface area (Å²) in [5.74, 6) is 0.0423. The van der Waals surface area contributed by atoms with Crippen LogP contribution in [0.25, 0.3) is 0 Å². The predicted octanol–water partition coefficient (Wildman–Crippen LogP) is 1.24. The zero-order valence-corrected chi connectivity index (χ0v) is 16.5. The largest absolute Gasteiger partial charge is 0.495 e. The fourth-order valence-corrected chi connectivity index (χ4v) is 4.15. The van der Waals surface area contributed by atoms with Crippen LogP contribution in [0.4, 0.5) is 0 Å². The maximum Gasteiger partial charge on any atom is 0.254 e. The molecule has 1 aliphatic rings. The van der Waals surface area contributed by atoms with Gasteiger partial charge in [-0.15, -0.1) is 12.4 Å². The van der Waals surface area contributed by atoms with Gasteiger partial charge in [0.2, 0.25) is 10.0 Å². The molecular formula is C16H26ClN3O4S. The van der Waals surface area contributed by atoms with Gasteiger partial charge in [0, 0.05) is 37.3 Å². The van der Waals surface area contributed by atoms with Gasteiger partial charge in [-0.3, -0.25) is 4.79 Å². The SMILES string of the molecule is COc1ccc(C(=O)N2CCNCC2C)cc1S(=O)(=O)NC(C)C.Cl. The maximum absolute atomic E-state index is 12.8. The van der Waals surface area contributed by atoms with Crippen molar-refractivity contribution in [1.29, 1.82) is 0 Å². The van der Waals surface area contributed by atoms with Crippen molar-refractivity contribution in [2.75, 3.05) is 26.7 Å². The molecule has 1 aromatic carbocycles. The number of nitrogens with one attached hydrogen (secondary N) is 2. The zero-order valence-electron chi connectivity index (χ0n) is 14.9. The Labute approximate surface area is 155 Å². The number of hydrogen-bond donors (Lipinski definition) is 2. The number of halogens is 1. The lowest BCUT2D eigenvalue weighted by Crippen LogP contribution is -2.52. The Morgan fingerprint density at radius 2 is 2.08 bits per heavy atom. The first-order valence-corrected chi connectivity index (χ1v) is 9.46. The number of methoxy groups -OCH3 is 1. The molecular weight excluding hydrogens is 366 g/mol. The second-order valence-electron chi connectivity index (χ2n) is 6.19. The average molecular weight is 392 g/mol. The van der Waals surface area contributed by atoms with Crippen LogP contribution in [-0.4, -0.2) is 58.1 Å². The number of piperazine rings is 1. The summed E-state index contributed by atoms with van der Waals surface area (Å²) in [4.78, 5) is 14.5. The van der Waals surface area contributed by atoms with Crippen molar-refractivity contribution in [3.63, 3.8) is 0 Å². The van der Waals surface area contributed by atoms with Gasteiger partial charge in [-0.2, -0.15) is 0 Å². The Morgan fingerprint density at radius 3 is 2.64 bits per heavy atom. The van der Waals surface area contributed by atoms with E-state index < -0.39 is 10.0 Å². The van der Waals surface area contributed by atoms with Crippen molar-refractivity contribution < 1.29 is 17.9 Å². The molecule has 0 radical (unpaired) electrons. The lowest BCUT2D eigenvalue weighted by Gasteiger charge is -2.34. The highest BCUT2D eigenvalue weighted by molar-refractivity contribution is 7.89. The van der Waals surface area contributed by atoms with E-state index >= 15 is 0 Å². The van der Waals surface area contributed by atoms with Crippen molar-refractivity contribution in [3.05, 3.63) is 23.8 Å². The van der Waals surface area contributed by atoms with Crippen LogP contribution >= 0.6 is 12.4 Å². The molecule has 0 bridgehead atoms. The van der Waals surface area contributed by atoms with Crippen LogP contribution < -0.4 is 14.8 Å². The Morgan fingerprint density at radius 1 is 1.40 bits per heavy atom. The highest BCUT2D eigenvalue weighted by Gasteiger charge is 2.27. The second-order valence-corrected chi connectivity index (χ2v) is 7.88. The van der Waals surface area contributed by atoms with Gasteiger partial charge in [0.1, 0.15) is 10.6 Å². The zero-order chi connectivity index (χ0) is 17.9. The number of benzene rings is 1. The number of carbonyl (C=O) groups is 1. The van der Waals surface area contributed by atoms with Crippen LogP contribution in [0.2, 0.25) is 0 Å². The molecule has 0 saturated carbocycles. The van der Waals surface area contributed by atoms with E-state index in [1.807, 2.05) is 6.92 Å². The standard InChI is InChI=1S/C16H25N3O4S.ClH/c1-11(2)18-24(21,22)15-9-13(5-6-14(15)23-4)16(20)19-8-7-17-10-12(19)3;/h5-6,9,11-12,17-18H,7-8,10H2,1-4H3;1H. The number of ether oxygens (including phenoxy) is 1. The van der Waals surface area contributed by atoms with Crippen molar-refractivity contribution in [2.24, 2.45) is 0 Å². The summed E-state index contributed by atoms with van der Waals surface area (Å²) < 4.78 is 32.7. The monoisotopic (exact) mass is 391 g/mol. The first-order valence-electron chi connectivity index (χ1n) is 7.98. The Bertz CT molecular complexity index is 709. The number of hydrogen-bond acceptors (Lipinski definition) is 5. The van der Waals surface area contributed by atoms with Crippen molar-refractivity contribution in [2.45, 2.75) is 37.8 Å². The highest BCUT2D eigenvalue weighted by atomic mass is 35.5. The first kappa shape index (κ1) is 21.7. The van der Waals surface area contributed by atoms with Crippen LogP contribution in [0.5, 0.6) is 5.75 Å². The van der Waals surface area contributed by atoms with E-state index in [0.717, 1.165) is 13.1 Å². The van der Waals surface area contributed by atoms with Crippen LogP contribution in [0.3, 0.4) is 0 Å². The molecule has 0 aromatic heterocycles. The van der Waals surface area contributed by atoms with Gasteiger partial charge in [0.25, 0.3) is 5.91 Å². The minimum atomic E-state index is -3.76. The molecule has 1 atom stereocenters. The second kappa shape index (κ2) is 8.84. The minimum Gasteiger partial charge on any atom is -0.495 e. The van der Waals surface area contributed by atoms with Crippen molar-refractivity contribution >= 4 is 28.3 Å². The van der Waals surface area contributed by atoms with E-state index in [-0.39, 0.29) is 41.0 Å². The van der Waals surface area contributed by atoms with Gasteiger partial charge in [-0.05, 0) is 39.0 Å². The van der Waals surface area contributed by atoms with Gasteiger partial charge in [-0.1, -0.05) is 0 Å². The summed E-state index contributed by atoms with van der Waals surface area (Å²) in [6.07, 6.45) is 0. The molecule has 1 saturated heterocycles. The Kier molecular flexibility index (Phi) is 7.67. The Hall–Kier alpha value is -1.35. The summed E-state index contributed by atoms with van der Waals surface area (Å²) >= 11 is 0. The molecule has 1 aliphatic heterocycles. The van der Waals surface area contributed by atoms with Crippen LogP contribution in [0.1, 0.15) is 31.1 Å². The van der Waals surface area contributed by atoms with Gasteiger partial charge >= 0.3 is 0 Å². The van der Waals surface area contributed by atoms with Crippen molar-refractivity contribution in [3.8, 4) is 5.75 Å². The summed E-state index contributed by atoms with van der Waals surface area (Å²) in [5, 5.41) is 3.23. The maximum atomic E-state index is 12.8. The van der Waals surface area contributed by atoms with Gasteiger partial charge in [-0.25, -0.2) is 13.1 Å². The highest BCUT2D eigenvalue weighted by Crippen LogP contribution is 2.26. The number of amides is 1. The first-order chi connectivity index (χ1) is 11.3. The number of carbonyl (C=O) groups excluding carboxylic acids is 1. The van der Waals surface area contributed by atoms with Crippen LogP contribution in [-0.2, 0) is 10.0 Å². The molecule has 25 heavy (non-hydrogen) atoms. The molecule has 2 N–H and O–H groups in total. The average Bonchev–Trinajstić information content (AvgIpc) is 2.53. The normalized spacial score (nSPS) is 18.0. The molecule has 7 nitrogen and oxygen atoms in total. The molecule has 1 amide bonds. The van der Waals surface area contributed by atoms with Crippen LogP contribution in [0.15, 0.2) is 23.1 Å². The topological polar surface area (TPSA) is 87.7 Å². The van der Waals surface area contributed by atoms with E-state index in [0.29, 0.717) is 12.1 Å². The van der Waals surface area contributed by atoms with E-state index in [9.17, 15) is 13.2 Å². The summed E-state index contributed by atoms with van der Waals surface area (Å²) in [7, 11) is -2.35. The number of rotatable bonds is 5. The van der Waals surface area contributed by atoms with Gasteiger partial charge in [0.05, 0.1) is 7.11 Å². The molecule has 1 fully saturated rings. The Balaban J connectivity index is 0.00000312. The van der Waals surface area contributed by atoms with E-state index in [2.05, 4.69) is 10.0 Å². The molecule has 1 heterocycles. The van der Waals surface area contributed by atoms with Crippen LogP contribution in [0, 0.1) is 0 Å². The molecule has 1 unspecified atom stereocenters. The fourth-order valence-electron chi connectivity index (χ4n) is 2.70. The van der Waals surface area contributed by atoms with E-state index in [1.54, 1.807) is 24.8 Å². The van der Waals surface area contributed by atoms with E-state index in [1.165, 1.54) is 19.2 Å². The molecule has 9 heteroatoms. The lowest BCUT2D eigenvalue weighted by molar-refractivity contribution is 0.0655. The third-order valence-corrected chi connectivity index (χ3v) is 5.53. The van der Waals surface area contributed by atoms with Gasteiger partial charge < -0.3 is 15.0 Å². The minimum absolute atomic E-state index is 0. The smallest absolute Gasteiger partial charge is 0.254 e.